The van der Waals surface area contributed by atoms with Crippen molar-refractivity contribution in [1.29, 1.82) is 0 Å². The molecule has 3 amide bonds. The van der Waals surface area contributed by atoms with Gasteiger partial charge in [0, 0.05) is 11.3 Å². The topological polar surface area (TPSA) is 111 Å². The molecule has 3 aromatic rings. The first-order chi connectivity index (χ1) is 18.8. The molecule has 0 saturated carbocycles. The highest BCUT2D eigenvalue weighted by Gasteiger charge is 2.41. The summed E-state index contributed by atoms with van der Waals surface area (Å²) in [6.45, 7) is 3.58. The largest absolute Gasteiger partial charge is 0.505 e. The molecule has 2 heterocycles. The third-order valence-corrected chi connectivity index (χ3v) is 7.12. The number of rotatable bonds is 4. The zero-order valence-electron chi connectivity index (χ0n) is 20.7. The average molecular weight is 571 g/mol. The normalized spacial score (nSPS) is 17.1. The highest BCUT2D eigenvalue weighted by atomic mass is 32.2. The van der Waals surface area contributed by atoms with E-state index in [1.54, 1.807) is 19.1 Å². The molecular weight excluding hydrogens is 552 g/mol. The van der Waals surface area contributed by atoms with Gasteiger partial charge in [-0.15, -0.1) is 0 Å². The van der Waals surface area contributed by atoms with E-state index >= 15 is 4.39 Å². The second-order valence-electron chi connectivity index (χ2n) is 8.93. The van der Waals surface area contributed by atoms with Gasteiger partial charge in [0.05, 0.1) is 27.4 Å². The average Bonchev–Trinajstić information content (AvgIpc) is 3.35. The molecule has 0 unspecified atom stereocenters. The van der Waals surface area contributed by atoms with Crippen molar-refractivity contribution in [2.45, 2.75) is 20.0 Å². The van der Waals surface area contributed by atoms with Crippen molar-refractivity contribution in [3.8, 4) is 5.75 Å². The summed E-state index contributed by atoms with van der Waals surface area (Å²) in [7, 11) is 0. The lowest BCUT2D eigenvalue weighted by atomic mass is 10.1. The van der Waals surface area contributed by atoms with Crippen LogP contribution in [0.25, 0.3) is 6.08 Å². The first-order valence-electron chi connectivity index (χ1n) is 11.6. The van der Waals surface area contributed by atoms with Crippen molar-refractivity contribution in [3.63, 3.8) is 0 Å². The number of aromatic hydroxyl groups is 1. The number of benzene rings is 3. The minimum Gasteiger partial charge on any atom is -0.505 e. The van der Waals surface area contributed by atoms with E-state index in [-0.39, 0.29) is 27.5 Å². The maximum absolute atomic E-state index is 15.2. The zero-order chi connectivity index (χ0) is 28.9. The van der Waals surface area contributed by atoms with Gasteiger partial charge in [-0.1, -0.05) is 18.2 Å². The van der Waals surface area contributed by atoms with Crippen LogP contribution in [0, 0.1) is 19.7 Å². The van der Waals surface area contributed by atoms with Gasteiger partial charge in [-0.3, -0.25) is 30.0 Å². The fourth-order valence-corrected chi connectivity index (χ4v) is 4.83. The smallest absolute Gasteiger partial charge is 0.416 e. The number of phenols is 1. The molecule has 1 fully saturated rings. The lowest BCUT2D eigenvalue weighted by molar-refractivity contribution is -0.137. The lowest BCUT2D eigenvalue weighted by Gasteiger charge is -2.19. The van der Waals surface area contributed by atoms with E-state index in [1.807, 2.05) is 6.92 Å². The summed E-state index contributed by atoms with van der Waals surface area (Å²) >= 11 is 0.644. The van der Waals surface area contributed by atoms with Gasteiger partial charge in [0.1, 0.15) is 11.6 Å². The molecular formula is C27H18F4N4O4S. The maximum Gasteiger partial charge on any atom is 0.416 e. The van der Waals surface area contributed by atoms with Gasteiger partial charge in [-0.25, -0.2) is 4.39 Å². The molecule has 8 nitrogen and oxygen atoms in total. The molecule has 40 heavy (non-hydrogen) atoms. The number of amides is 3. The van der Waals surface area contributed by atoms with Crippen molar-refractivity contribution in [3.05, 3.63) is 87.1 Å². The van der Waals surface area contributed by atoms with Crippen LogP contribution in [0.4, 0.5) is 39.4 Å². The van der Waals surface area contributed by atoms with E-state index in [2.05, 4.69) is 15.8 Å². The Balaban J connectivity index is 1.58. The molecule has 3 aromatic carbocycles. The monoisotopic (exact) mass is 570 g/mol. The summed E-state index contributed by atoms with van der Waals surface area (Å²) in [5, 5.41) is 16.2. The standard InChI is InChI=1S/C27H18F4N4O4S/c1-12-6-7-16(8-13(12)2)35-19-11-15(27(29,30)31)10-17(28)21(19)22(25(35)38)34-33-18-5-3-4-14(23(18)36)9-20-24(37)32-26(39)40-20/h3-11,33,36H,1-2H3,(H,32,37,39)/b20-9+,34-22-. The highest BCUT2D eigenvalue weighted by Crippen LogP contribution is 2.42. The molecule has 204 valence electrons. The fraction of sp³-hybridized carbons (Fsp3) is 0.111. The molecule has 0 bridgehead atoms. The Morgan fingerprint density at radius 2 is 1.80 bits per heavy atom. The zero-order valence-corrected chi connectivity index (χ0v) is 21.5. The molecule has 3 N–H and O–H groups in total. The van der Waals surface area contributed by atoms with Crippen LogP contribution in [0.2, 0.25) is 0 Å². The van der Waals surface area contributed by atoms with Gasteiger partial charge in [-0.05, 0) is 73.1 Å². The summed E-state index contributed by atoms with van der Waals surface area (Å²) in [6.07, 6.45) is -3.60. The summed E-state index contributed by atoms with van der Waals surface area (Å²) < 4.78 is 55.8. The number of nitrogens with one attached hydrogen (secondary N) is 2. The van der Waals surface area contributed by atoms with Crippen LogP contribution in [-0.4, -0.2) is 27.9 Å². The number of imide groups is 1. The molecule has 0 aliphatic carbocycles. The number of alkyl halides is 3. The van der Waals surface area contributed by atoms with Crippen molar-refractivity contribution in [2.75, 3.05) is 10.3 Å². The number of carbonyl (C=O) groups excluding carboxylic acids is 3. The van der Waals surface area contributed by atoms with Crippen molar-refractivity contribution < 1.29 is 37.1 Å². The number of hydrogen-bond donors (Lipinski definition) is 3. The second-order valence-corrected chi connectivity index (χ2v) is 9.94. The molecule has 5 rings (SSSR count). The number of hydrazone groups is 1. The number of aryl methyl sites for hydroxylation is 2. The minimum absolute atomic E-state index is 0.0373. The summed E-state index contributed by atoms with van der Waals surface area (Å²) in [4.78, 5) is 37.8. The van der Waals surface area contributed by atoms with Gasteiger partial charge in [0.25, 0.3) is 17.1 Å². The van der Waals surface area contributed by atoms with E-state index in [0.717, 1.165) is 16.0 Å². The van der Waals surface area contributed by atoms with Crippen LogP contribution >= 0.6 is 11.8 Å². The molecule has 2 aliphatic rings. The summed E-state index contributed by atoms with van der Waals surface area (Å²) in [5.74, 6) is -3.24. The van der Waals surface area contributed by atoms with Crippen molar-refractivity contribution in [1.82, 2.24) is 5.32 Å². The van der Waals surface area contributed by atoms with E-state index in [9.17, 15) is 32.7 Å². The third kappa shape index (κ3) is 4.79. The van der Waals surface area contributed by atoms with Crippen LogP contribution in [0.3, 0.4) is 0 Å². The molecule has 0 radical (unpaired) electrons. The Hall–Kier alpha value is -4.65. The number of para-hydroxylation sites is 1. The van der Waals surface area contributed by atoms with E-state index in [1.165, 1.54) is 30.3 Å². The van der Waals surface area contributed by atoms with Crippen LogP contribution < -0.4 is 15.6 Å². The van der Waals surface area contributed by atoms with Crippen LogP contribution in [-0.2, 0) is 15.8 Å². The van der Waals surface area contributed by atoms with Crippen LogP contribution in [0.15, 0.2) is 58.5 Å². The summed E-state index contributed by atoms with van der Waals surface area (Å²) in [6, 6.07) is 10.1. The predicted octanol–water partition coefficient (Wildman–Crippen LogP) is 5.99. The number of halogens is 4. The van der Waals surface area contributed by atoms with E-state index in [4.69, 9.17) is 0 Å². The number of nitrogens with zero attached hydrogens (tertiary/aromatic N) is 2. The van der Waals surface area contributed by atoms with Gasteiger partial charge in [0.15, 0.2) is 5.71 Å². The minimum atomic E-state index is -4.87. The Morgan fingerprint density at radius 3 is 2.45 bits per heavy atom. The number of hydrogen-bond acceptors (Lipinski definition) is 7. The molecule has 0 atom stereocenters. The molecule has 1 saturated heterocycles. The quantitative estimate of drug-likeness (QED) is 0.154. The highest BCUT2D eigenvalue weighted by molar-refractivity contribution is 8.18. The number of anilines is 3. The SMILES string of the molecule is Cc1ccc(N2C(=O)/C(=N\Nc3cccc(/C=C4/SC(=O)NC4=O)c3O)c3c(F)cc(C(F)(F)F)cc32)cc1C. The predicted molar refractivity (Wildman–Crippen MR) is 142 cm³/mol. The number of thioether (sulfide) groups is 1. The number of carbonyl (C=O) groups is 3. The van der Waals surface area contributed by atoms with E-state index < -0.39 is 51.6 Å². The number of phenolic OH excluding ortho intramolecular Hbond substituents is 1. The molecule has 0 aromatic heterocycles. The Labute approximate surface area is 228 Å². The fourth-order valence-electron chi connectivity index (χ4n) is 4.16. The first kappa shape index (κ1) is 26.9. The van der Waals surface area contributed by atoms with Gasteiger partial charge >= 0.3 is 6.18 Å². The summed E-state index contributed by atoms with van der Waals surface area (Å²) in [5.41, 5.74) is 1.84. The number of fused-ring (bicyclic) bond motifs is 1. The van der Waals surface area contributed by atoms with Gasteiger partial charge in [0.2, 0.25) is 0 Å². The van der Waals surface area contributed by atoms with Crippen molar-refractivity contribution >= 4 is 57.7 Å². The van der Waals surface area contributed by atoms with E-state index in [0.29, 0.717) is 23.9 Å². The Kier molecular flexibility index (Phi) is 6.62. The first-order valence-corrected chi connectivity index (χ1v) is 12.4. The third-order valence-electron chi connectivity index (χ3n) is 6.31. The van der Waals surface area contributed by atoms with Gasteiger partial charge < -0.3 is 5.11 Å². The Bertz CT molecular complexity index is 1680. The van der Waals surface area contributed by atoms with Gasteiger partial charge in [-0.2, -0.15) is 18.3 Å². The van der Waals surface area contributed by atoms with Crippen LogP contribution in [0.5, 0.6) is 5.75 Å². The van der Waals surface area contributed by atoms with Crippen molar-refractivity contribution in [2.24, 2.45) is 5.10 Å². The Morgan fingerprint density at radius 1 is 1.05 bits per heavy atom. The molecule has 0 spiro atoms. The second kappa shape index (κ2) is 9.83. The van der Waals surface area contributed by atoms with Crippen LogP contribution in [0.1, 0.15) is 27.8 Å². The lowest BCUT2D eigenvalue weighted by Crippen LogP contribution is -2.26. The molecule has 13 heteroatoms. The maximum atomic E-state index is 15.2. The molecule has 2 aliphatic heterocycles.